The molecular formula is C16H22N2O. The molecule has 102 valence electrons. The van der Waals surface area contributed by atoms with Gasteiger partial charge in [-0.2, -0.15) is 0 Å². The molecule has 1 aromatic heterocycles. The molecule has 2 heterocycles. The monoisotopic (exact) mass is 258 g/mol. The van der Waals surface area contributed by atoms with Gasteiger partial charge in [0, 0.05) is 30.9 Å². The summed E-state index contributed by atoms with van der Waals surface area (Å²) < 4.78 is 7.90. The van der Waals surface area contributed by atoms with Gasteiger partial charge in [0.25, 0.3) is 0 Å². The summed E-state index contributed by atoms with van der Waals surface area (Å²) in [5.74, 6) is 0. The van der Waals surface area contributed by atoms with E-state index in [1.807, 2.05) is 0 Å². The highest BCUT2D eigenvalue weighted by atomic mass is 16.5. The van der Waals surface area contributed by atoms with Crippen molar-refractivity contribution in [1.82, 2.24) is 9.88 Å². The van der Waals surface area contributed by atoms with E-state index in [4.69, 9.17) is 4.74 Å². The van der Waals surface area contributed by atoms with Gasteiger partial charge in [0.2, 0.25) is 0 Å². The second kappa shape index (κ2) is 5.76. The molecule has 0 spiro atoms. The lowest BCUT2D eigenvalue weighted by molar-refractivity contribution is 0.113. The average Bonchev–Trinajstić information content (AvgIpc) is 3.02. The van der Waals surface area contributed by atoms with Crippen molar-refractivity contribution in [3.8, 4) is 0 Å². The third-order valence-electron chi connectivity index (χ3n) is 4.04. The van der Waals surface area contributed by atoms with Crippen molar-refractivity contribution in [2.45, 2.75) is 38.5 Å². The molecule has 0 radical (unpaired) electrons. The quantitative estimate of drug-likeness (QED) is 0.835. The van der Waals surface area contributed by atoms with Gasteiger partial charge < -0.3 is 14.6 Å². The SMILES string of the molecule is CC1OCCC1NCCCn1ccc2ccccc21. The molecule has 2 unspecified atom stereocenters. The Kier molecular flexibility index (Phi) is 3.85. The molecule has 0 saturated carbocycles. The number of ether oxygens (including phenoxy) is 1. The van der Waals surface area contributed by atoms with Crippen LogP contribution < -0.4 is 5.32 Å². The number of fused-ring (bicyclic) bond motifs is 1. The van der Waals surface area contributed by atoms with Crippen LogP contribution in [-0.4, -0.2) is 29.9 Å². The maximum Gasteiger partial charge on any atom is 0.0700 e. The Morgan fingerprint density at radius 3 is 3.05 bits per heavy atom. The van der Waals surface area contributed by atoms with Crippen LogP contribution in [0.1, 0.15) is 19.8 Å². The molecule has 1 N–H and O–H groups in total. The van der Waals surface area contributed by atoms with Gasteiger partial charge >= 0.3 is 0 Å². The number of hydrogen-bond donors (Lipinski definition) is 1. The van der Waals surface area contributed by atoms with Crippen molar-refractivity contribution in [3.63, 3.8) is 0 Å². The van der Waals surface area contributed by atoms with Crippen LogP contribution in [0.5, 0.6) is 0 Å². The van der Waals surface area contributed by atoms with Crippen LogP contribution in [0, 0.1) is 0 Å². The van der Waals surface area contributed by atoms with E-state index in [0.717, 1.165) is 32.5 Å². The van der Waals surface area contributed by atoms with Crippen LogP contribution in [0.2, 0.25) is 0 Å². The number of aromatic nitrogens is 1. The molecule has 3 heteroatoms. The molecule has 1 aliphatic rings. The van der Waals surface area contributed by atoms with Crippen LogP contribution >= 0.6 is 0 Å². The minimum Gasteiger partial charge on any atom is -0.377 e. The minimum atomic E-state index is 0.368. The smallest absolute Gasteiger partial charge is 0.0700 e. The van der Waals surface area contributed by atoms with Gasteiger partial charge in [0.05, 0.1) is 6.10 Å². The largest absolute Gasteiger partial charge is 0.377 e. The molecule has 3 nitrogen and oxygen atoms in total. The topological polar surface area (TPSA) is 26.2 Å². The standard InChI is InChI=1S/C16H22N2O/c1-13-15(8-12-19-13)17-9-4-10-18-11-7-14-5-2-3-6-16(14)18/h2-3,5-7,11,13,15,17H,4,8-10,12H2,1H3. The molecule has 1 aliphatic heterocycles. The van der Waals surface area contributed by atoms with E-state index in [9.17, 15) is 0 Å². The van der Waals surface area contributed by atoms with Crippen molar-refractivity contribution in [2.24, 2.45) is 0 Å². The van der Waals surface area contributed by atoms with E-state index < -0.39 is 0 Å². The van der Waals surface area contributed by atoms with Crippen LogP contribution in [0.15, 0.2) is 36.5 Å². The normalized spacial score (nSPS) is 23.2. The van der Waals surface area contributed by atoms with Crippen LogP contribution in [0.3, 0.4) is 0 Å². The van der Waals surface area contributed by atoms with E-state index in [2.05, 4.69) is 53.3 Å². The fraction of sp³-hybridized carbons (Fsp3) is 0.500. The van der Waals surface area contributed by atoms with E-state index >= 15 is 0 Å². The van der Waals surface area contributed by atoms with Gasteiger partial charge in [-0.1, -0.05) is 18.2 Å². The predicted molar refractivity (Wildman–Crippen MR) is 78.4 cm³/mol. The van der Waals surface area contributed by atoms with Gasteiger partial charge in [0.15, 0.2) is 0 Å². The summed E-state index contributed by atoms with van der Waals surface area (Å²) in [5, 5.41) is 4.93. The second-order valence-corrected chi connectivity index (χ2v) is 5.35. The summed E-state index contributed by atoms with van der Waals surface area (Å²) in [6.07, 6.45) is 4.86. The summed E-state index contributed by atoms with van der Waals surface area (Å²) in [6, 6.07) is 11.3. The molecule has 2 atom stereocenters. The molecule has 1 saturated heterocycles. The Hall–Kier alpha value is -1.32. The molecule has 0 bridgehead atoms. The zero-order valence-electron chi connectivity index (χ0n) is 11.5. The number of para-hydroxylation sites is 1. The van der Waals surface area contributed by atoms with Crippen LogP contribution in [-0.2, 0) is 11.3 Å². The lowest BCUT2D eigenvalue weighted by Gasteiger charge is -2.16. The summed E-state index contributed by atoms with van der Waals surface area (Å²) in [6.45, 7) is 5.19. The van der Waals surface area contributed by atoms with E-state index in [-0.39, 0.29) is 0 Å². The maximum absolute atomic E-state index is 5.56. The highest BCUT2D eigenvalue weighted by Crippen LogP contribution is 2.15. The Bertz CT molecular complexity index is 534. The summed E-state index contributed by atoms with van der Waals surface area (Å²) in [4.78, 5) is 0. The molecule has 0 amide bonds. The Morgan fingerprint density at radius 1 is 1.32 bits per heavy atom. The number of nitrogens with one attached hydrogen (secondary N) is 1. The van der Waals surface area contributed by atoms with Crippen LogP contribution in [0.4, 0.5) is 0 Å². The van der Waals surface area contributed by atoms with Crippen molar-refractivity contribution >= 4 is 10.9 Å². The van der Waals surface area contributed by atoms with Gasteiger partial charge in [-0.15, -0.1) is 0 Å². The summed E-state index contributed by atoms with van der Waals surface area (Å²) >= 11 is 0. The third-order valence-corrected chi connectivity index (χ3v) is 4.04. The Balaban J connectivity index is 1.50. The zero-order valence-corrected chi connectivity index (χ0v) is 11.5. The van der Waals surface area contributed by atoms with E-state index in [0.29, 0.717) is 12.1 Å². The first-order valence-electron chi connectivity index (χ1n) is 7.23. The first-order valence-corrected chi connectivity index (χ1v) is 7.23. The van der Waals surface area contributed by atoms with Gasteiger partial charge in [-0.25, -0.2) is 0 Å². The Morgan fingerprint density at radius 2 is 2.21 bits per heavy atom. The predicted octanol–water partition coefficient (Wildman–Crippen LogP) is 2.80. The third kappa shape index (κ3) is 2.82. The van der Waals surface area contributed by atoms with Crippen molar-refractivity contribution in [2.75, 3.05) is 13.2 Å². The number of rotatable bonds is 5. The average molecular weight is 258 g/mol. The Labute approximate surface area is 114 Å². The lowest BCUT2D eigenvalue weighted by atomic mass is 10.1. The van der Waals surface area contributed by atoms with Gasteiger partial charge in [0.1, 0.15) is 0 Å². The number of aryl methyl sites for hydroxylation is 1. The van der Waals surface area contributed by atoms with Gasteiger partial charge in [-0.05, 0) is 43.8 Å². The molecule has 19 heavy (non-hydrogen) atoms. The van der Waals surface area contributed by atoms with E-state index in [1.165, 1.54) is 10.9 Å². The fourth-order valence-electron chi connectivity index (χ4n) is 2.87. The number of benzene rings is 1. The number of hydrogen-bond acceptors (Lipinski definition) is 2. The lowest BCUT2D eigenvalue weighted by Crippen LogP contribution is -2.35. The fourth-order valence-corrected chi connectivity index (χ4v) is 2.87. The van der Waals surface area contributed by atoms with Crippen molar-refractivity contribution in [3.05, 3.63) is 36.5 Å². The first-order chi connectivity index (χ1) is 9.34. The molecular weight excluding hydrogens is 236 g/mol. The maximum atomic E-state index is 5.56. The van der Waals surface area contributed by atoms with Crippen molar-refractivity contribution < 1.29 is 4.74 Å². The second-order valence-electron chi connectivity index (χ2n) is 5.35. The minimum absolute atomic E-state index is 0.368. The summed E-state index contributed by atoms with van der Waals surface area (Å²) in [7, 11) is 0. The molecule has 3 rings (SSSR count). The van der Waals surface area contributed by atoms with Crippen molar-refractivity contribution in [1.29, 1.82) is 0 Å². The molecule has 1 aromatic carbocycles. The molecule has 0 aliphatic carbocycles. The van der Waals surface area contributed by atoms with Gasteiger partial charge in [-0.3, -0.25) is 0 Å². The highest BCUT2D eigenvalue weighted by Gasteiger charge is 2.22. The number of nitrogens with zero attached hydrogens (tertiary/aromatic N) is 1. The molecule has 2 aromatic rings. The van der Waals surface area contributed by atoms with E-state index in [1.54, 1.807) is 0 Å². The highest BCUT2D eigenvalue weighted by molar-refractivity contribution is 5.79. The first kappa shape index (κ1) is 12.7. The zero-order chi connectivity index (χ0) is 13.1. The summed E-state index contributed by atoms with van der Waals surface area (Å²) in [5.41, 5.74) is 1.33. The van der Waals surface area contributed by atoms with Crippen LogP contribution in [0.25, 0.3) is 10.9 Å². The molecule has 1 fully saturated rings.